The van der Waals surface area contributed by atoms with Crippen molar-refractivity contribution >= 4 is 17.8 Å². The van der Waals surface area contributed by atoms with Gasteiger partial charge in [0.1, 0.15) is 0 Å². The molecule has 0 radical (unpaired) electrons. The van der Waals surface area contributed by atoms with Crippen LogP contribution in [-0.2, 0) is 0 Å². The molecule has 1 fully saturated rings. The maximum Gasteiger partial charge on any atom is 0.243 e. The van der Waals surface area contributed by atoms with Crippen molar-refractivity contribution < 1.29 is 5.11 Å². The van der Waals surface area contributed by atoms with Crippen molar-refractivity contribution in [1.29, 1.82) is 0 Å². The lowest BCUT2D eigenvalue weighted by Gasteiger charge is -2.36. The van der Waals surface area contributed by atoms with Crippen molar-refractivity contribution in [2.45, 2.75) is 25.4 Å². The third kappa shape index (κ3) is 3.21. The number of hydrogen-bond donors (Lipinski definition) is 3. The van der Waals surface area contributed by atoms with Crippen LogP contribution in [0.4, 0.5) is 17.8 Å². The van der Waals surface area contributed by atoms with Crippen LogP contribution in [0.2, 0.25) is 0 Å². The van der Waals surface area contributed by atoms with Crippen molar-refractivity contribution in [1.82, 2.24) is 15.0 Å². The summed E-state index contributed by atoms with van der Waals surface area (Å²) in [5, 5.41) is 10.1. The number of piperidine rings is 1. The molecule has 0 bridgehead atoms. The second-order valence-corrected chi connectivity index (χ2v) is 5.32. The molecule has 0 saturated carbocycles. The van der Waals surface area contributed by atoms with Gasteiger partial charge in [0.15, 0.2) is 0 Å². The van der Waals surface area contributed by atoms with E-state index in [0.29, 0.717) is 24.4 Å². The zero-order valence-electron chi connectivity index (χ0n) is 11.6. The monoisotopic (exact) mass is 267 g/mol. The van der Waals surface area contributed by atoms with Gasteiger partial charge in [-0.2, -0.15) is 15.0 Å². The Hall–Kier alpha value is -1.67. The first-order valence-corrected chi connectivity index (χ1v) is 6.29. The molecule has 1 atom stereocenters. The predicted molar refractivity (Wildman–Crippen MR) is 74.0 cm³/mol. The Morgan fingerprint density at radius 3 is 2.68 bits per heavy atom. The summed E-state index contributed by atoms with van der Waals surface area (Å²) in [7, 11) is 3.71. The lowest BCUT2D eigenvalue weighted by molar-refractivity contribution is 0.0444. The van der Waals surface area contributed by atoms with Gasteiger partial charge in [0.25, 0.3) is 0 Å². The van der Waals surface area contributed by atoms with E-state index in [1.165, 1.54) is 0 Å². The Labute approximate surface area is 112 Å². The van der Waals surface area contributed by atoms with Gasteiger partial charge in [0.05, 0.1) is 5.60 Å². The minimum atomic E-state index is -0.709. The van der Waals surface area contributed by atoms with E-state index >= 15 is 0 Å². The number of nitrogen functional groups attached to an aromatic ring is 1. The van der Waals surface area contributed by atoms with E-state index in [0.717, 1.165) is 19.4 Å². The second-order valence-electron chi connectivity index (χ2n) is 5.32. The molecule has 106 valence electrons. The molecule has 8 nitrogen and oxygen atoms in total. The first kappa shape index (κ1) is 13.8. The molecule has 1 aliphatic heterocycles. The summed E-state index contributed by atoms with van der Waals surface area (Å²) in [6, 6.07) is 0. The molecule has 0 aliphatic carbocycles. The minimum absolute atomic E-state index is 0.318. The lowest BCUT2D eigenvalue weighted by Crippen LogP contribution is -2.47. The smallest absolute Gasteiger partial charge is 0.243 e. The van der Waals surface area contributed by atoms with E-state index in [4.69, 9.17) is 5.84 Å². The Balaban J connectivity index is 2.30. The number of hydrogen-bond acceptors (Lipinski definition) is 8. The van der Waals surface area contributed by atoms with Gasteiger partial charge in [-0.1, -0.05) is 0 Å². The lowest BCUT2D eigenvalue weighted by atomic mass is 9.95. The van der Waals surface area contributed by atoms with E-state index in [9.17, 15) is 5.11 Å². The third-order valence-electron chi connectivity index (χ3n) is 3.10. The molecule has 0 aromatic carbocycles. The summed E-state index contributed by atoms with van der Waals surface area (Å²) in [5.74, 6) is 6.76. The molecule has 2 heterocycles. The van der Waals surface area contributed by atoms with E-state index in [1.54, 1.807) is 4.90 Å². The van der Waals surface area contributed by atoms with E-state index < -0.39 is 5.60 Å². The summed E-state index contributed by atoms with van der Waals surface area (Å²) in [4.78, 5) is 16.6. The number of nitrogens with two attached hydrogens (primary N) is 1. The van der Waals surface area contributed by atoms with Crippen molar-refractivity contribution in [3.63, 3.8) is 0 Å². The average Bonchev–Trinajstić information content (AvgIpc) is 2.37. The quantitative estimate of drug-likeness (QED) is 0.501. The third-order valence-corrected chi connectivity index (χ3v) is 3.10. The van der Waals surface area contributed by atoms with Crippen LogP contribution in [0.1, 0.15) is 19.8 Å². The van der Waals surface area contributed by atoms with Crippen molar-refractivity contribution in [2.24, 2.45) is 5.84 Å². The standard InChI is InChI=1S/C11H21N7O/c1-11(19)5-4-6-18(7-11)10-14-8(16-12)13-9(15-10)17(2)3/h19H,4-7,12H2,1-3H3,(H,13,14,15,16). The first-order chi connectivity index (χ1) is 8.91. The number of aliphatic hydroxyl groups is 1. The van der Waals surface area contributed by atoms with Gasteiger partial charge in [0.2, 0.25) is 17.8 Å². The topological polar surface area (TPSA) is 103 Å². The molecule has 1 saturated heterocycles. The van der Waals surface area contributed by atoms with E-state index in [2.05, 4.69) is 20.4 Å². The highest BCUT2D eigenvalue weighted by Gasteiger charge is 2.30. The zero-order chi connectivity index (χ0) is 14.0. The Morgan fingerprint density at radius 2 is 2.11 bits per heavy atom. The molecule has 8 heteroatoms. The normalized spacial score (nSPS) is 23.3. The van der Waals surface area contributed by atoms with Crippen molar-refractivity contribution in [3.05, 3.63) is 0 Å². The molecule has 0 amide bonds. The number of anilines is 3. The SMILES string of the molecule is CN(C)c1nc(NN)nc(N2CCCC(C)(O)C2)n1. The number of hydrazine groups is 1. The molecule has 1 unspecified atom stereocenters. The Bertz CT molecular complexity index is 449. The van der Waals surface area contributed by atoms with Crippen LogP contribution in [0, 0.1) is 0 Å². The highest BCUT2D eigenvalue weighted by atomic mass is 16.3. The van der Waals surface area contributed by atoms with Gasteiger partial charge in [-0.25, -0.2) is 5.84 Å². The van der Waals surface area contributed by atoms with Gasteiger partial charge >= 0.3 is 0 Å². The number of nitrogens with one attached hydrogen (secondary N) is 1. The maximum absolute atomic E-state index is 10.1. The van der Waals surface area contributed by atoms with Crippen molar-refractivity contribution in [3.8, 4) is 0 Å². The number of β-amino-alcohol motifs (C(OH)–C–C–N with tert-alkyl or cyclic N) is 1. The molecular formula is C11H21N7O. The maximum atomic E-state index is 10.1. The summed E-state index contributed by atoms with van der Waals surface area (Å²) in [6.07, 6.45) is 1.69. The summed E-state index contributed by atoms with van der Waals surface area (Å²) in [5.41, 5.74) is 1.74. The number of aromatic nitrogens is 3. The van der Waals surface area contributed by atoms with E-state index in [-0.39, 0.29) is 0 Å². The zero-order valence-corrected chi connectivity index (χ0v) is 11.6. The van der Waals surface area contributed by atoms with Crippen LogP contribution in [-0.4, -0.2) is 52.8 Å². The molecule has 1 aromatic heterocycles. The fraction of sp³-hybridized carbons (Fsp3) is 0.727. The number of rotatable bonds is 3. The molecule has 2 rings (SSSR count). The van der Waals surface area contributed by atoms with Crippen LogP contribution in [0.5, 0.6) is 0 Å². The van der Waals surface area contributed by atoms with Crippen LogP contribution in [0.25, 0.3) is 0 Å². The van der Waals surface area contributed by atoms with Gasteiger partial charge < -0.3 is 14.9 Å². The minimum Gasteiger partial charge on any atom is -0.388 e. The fourth-order valence-electron chi connectivity index (χ4n) is 2.15. The van der Waals surface area contributed by atoms with Crippen LogP contribution < -0.4 is 21.1 Å². The number of nitrogens with zero attached hydrogens (tertiary/aromatic N) is 5. The van der Waals surface area contributed by atoms with Gasteiger partial charge in [-0.3, -0.25) is 5.43 Å². The molecule has 1 aliphatic rings. The second kappa shape index (κ2) is 5.14. The highest BCUT2D eigenvalue weighted by Crippen LogP contribution is 2.24. The van der Waals surface area contributed by atoms with Crippen molar-refractivity contribution in [2.75, 3.05) is 42.4 Å². The van der Waals surface area contributed by atoms with Crippen LogP contribution in [0.3, 0.4) is 0 Å². The van der Waals surface area contributed by atoms with Crippen LogP contribution >= 0.6 is 0 Å². The summed E-state index contributed by atoms with van der Waals surface area (Å²) >= 11 is 0. The largest absolute Gasteiger partial charge is 0.388 e. The Kier molecular flexibility index (Phi) is 3.72. The van der Waals surface area contributed by atoms with Crippen LogP contribution in [0.15, 0.2) is 0 Å². The van der Waals surface area contributed by atoms with Gasteiger partial charge in [-0.05, 0) is 19.8 Å². The molecule has 0 spiro atoms. The summed E-state index contributed by atoms with van der Waals surface area (Å²) < 4.78 is 0. The Morgan fingerprint density at radius 1 is 1.37 bits per heavy atom. The summed E-state index contributed by atoms with van der Waals surface area (Å²) in [6.45, 7) is 3.15. The molecule has 1 aromatic rings. The predicted octanol–water partition coefficient (Wildman–Crippen LogP) is -0.426. The van der Waals surface area contributed by atoms with Gasteiger partial charge in [-0.15, -0.1) is 0 Å². The highest BCUT2D eigenvalue weighted by molar-refractivity contribution is 5.44. The van der Waals surface area contributed by atoms with Gasteiger partial charge in [0, 0.05) is 27.2 Å². The molecule has 4 N–H and O–H groups in total. The molecule has 19 heavy (non-hydrogen) atoms. The van der Waals surface area contributed by atoms with E-state index in [1.807, 2.05) is 25.9 Å². The molecular weight excluding hydrogens is 246 g/mol. The fourth-order valence-corrected chi connectivity index (χ4v) is 2.15. The average molecular weight is 267 g/mol. The first-order valence-electron chi connectivity index (χ1n) is 6.29.